The largest absolute Gasteiger partial charge is 0.339 e. The van der Waals surface area contributed by atoms with Gasteiger partial charge in [0.2, 0.25) is 5.89 Å². The molecule has 2 rings (SSSR count). The van der Waals surface area contributed by atoms with Crippen LogP contribution in [0.4, 0.5) is 0 Å². The van der Waals surface area contributed by atoms with Crippen LogP contribution in [0.1, 0.15) is 49.7 Å². The zero-order valence-electron chi connectivity index (χ0n) is 8.07. The average molecular weight is 191 g/mol. The monoisotopic (exact) mass is 191 g/mol. The SMILES string of the molecule is [C-]#[N+]Cc1noc(C2CCCCC2)n1. The van der Waals surface area contributed by atoms with Gasteiger partial charge in [0.1, 0.15) is 0 Å². The van der Waals surface area contributed by atoms with Gasteiger partial charge >= 0.3 is 0 Å². The molecule has 0 amide bonds. The van der Waals surface area contributed by atoms with Gasteiger partial charge in [-0.1, -0.05) is 24.4 Å². The van der Waals surface area contributed by atoms with Crippen molar-refractivity contribution in [3.63, 3.8) is 0 Å². The molecule has 1 aromatic heterocycles. The van der Waals surface area contributed by atoms with Crippen LogP contribution in [-0.4, -0.2) is 10.1 Å². The zero-order valence-corrected chi connectivity index (χ0v) is 8.07. The highest BCUT2D eigenvalue weighted by molar-refractivity contribution is 4.96. The maximum absolute atomic E-state index is 6.70. The number of hydrogen-bond donors (Lipinski definition) is 0. The van der Waals surface area contributed by atoms with E-state index in [0.717, 1.165) is 18.7 Å². The van der Waals surface area contributed by atoms with Crippen molar-refractivity contribution in [2.75, 3.05) is 0 Å². The van der Waals surface area contributed by atoms with Crippen molar-refractivity contribution in [1.29, 1.82) is 0 Å². The van der Waals surface area contributed by atoms with Gasteiger partial charge < -0.3 is 9.37 Å². The van der Waals surface area contributed by atoms with Gasteiger partial charge in [-0.25, -0.2) is 6.57 Å². The van der Waals surface area contributed by atoms with Gasteiger partial charge in [-0.15, -0.1) is 0 Å². The standard InChI is InChI=1S/C10H13N3O/c1-11-7-9-12-10(14-13-9)8-5-3-2-4-6-8/h8H,2-7H2. The average Bonchev–Trinajstić information content (AvgIpc) is 2.68. The predicted molar refractivity (Wildman–Crippen MR) is 50.4 cm³/mol. The van der Waals surface area contributed by atoms with Crippen LogP contribution in [0, 0.1) is 6.57 Å². The molecule has 0 saturated heterocycles. The van der Waals surface area contributed by atoms with Crippen molar-refractivity contribution in [3.05, 3.63) is 23.1 Å². The van der Waals surface area contributed by atoms with Crippen molar-refractivity contribution >= 4 is 0 Å². The summed E-state index contributed by atoms with van der Waals surface area (Å²) in [7, 11) is 0. The third-order valence-corrected chi connectivity index (χ3v) is 2.66. The van der Waals surface area contributed by atoms with E-state index in [-0.39, 0.29) is 6.54 Å². The summed E-state index contributed by atoms with van der Waals surface area (Å²) in [5.41, 5.74) is 0. The van der Waals surface area contributed by atoms with E-state index in [2.05, 4.69) is 15.0 Å². The van der Waals surface area contributed by atoms with Crippen LogP contribution in [0.3, 0.4) is 0 Å². The molecule has 0 atom stereocenters. The maximum Gasteiger partial charge on any atom is 0.276 e. The number of hydrogen-bond acceptors (Lipinski definition) is 3. The lowest BCUT2D eigenvalue weighted by Crippen LogP contribution is -2.04. The summed E-state index contributed by atoms with van der Waals surface area (Å²) in [6.07, 6.45) is 6.13. The first kappa shape index (κ1) is 9.20. The van der Waals surface area contributed by atoms with Gasteiger partial charge in [0.25, 0.3) is 12.4 Å². The van der Waals surface area contributed by atoms with Crippen LogP contribution >= 0.6 is 0 Å². The van der Waals surface area contributed by atoms with Gasteiger partial charge in [-0.05, 0) is 12.8 Å². The molecule has 4 heteroatoms. The molecular formula is C10H13N3O. The molecule has 1 heterocycles. The lowest BCUT2D eigenvalue weighted by Gasteiger charge is -2.17. The Morgan fingerprint density at radius 2 is 2.14 bits per heavy atom. The second-order valence-corrected chi connectivity index (χ2v) is 3.70. The van der Waals surface area contributed by atoms with Crippen LogP contribution in [0.5, 0.6) is 0 Å². The summed E-state index contributed by atoms with van der Waals surface area (Å²) in [4.78, 5) is 7.46. The van der Waals surface area contributed by atoms with E-state index < -0.39 is 0 Å². The minimum absolute atomic E-state index is 0.232. The van der Waals surface area contributed by atoms with Gasteiger partial charge in [0.15, 0.2) is 0 Å². The summed E-state index contributed by atoms with van der Waals surface area (Å²) >= 11 is 0. The molecule has 1 aliphatic carbocycles. The van der Waals surface area contributed by atoms with Gasteiger partial charge in [0.05, 0.1) is 0 Å². The van der Waals surface area contributed by atoms with Crippen molar-refractivity contribution in [1.82, 2.24) is 10.1 Å². The lowest BCUT2D eigenvalue weighted by molar-refractivity contribution is 0.312. The molecule has 1 aliphatic rings. The van der Waals surface area contributed by atoms with Crippen LogP contribution in [0.25, 0.3) is 4.85 Å². The van der Waals surface area contributed by atoms with Gasteiger partial charge in [0, 0.05) is 5.92 Å². The third-order valence-electron chi connectivity index (χ3n) is 2.66. The Morgan fingerprint density at radius 1 is 1.36 bits per heavy atom. The maximum atomic E-state index is 6.70. The minimum atomic E-state index is 0.232. The normalized spacial score (nSPS) is 17.9. The van der Waals surface area contributed by atoms with Crippen LogP contribution in [0.15, 0.2) is 4.52 Å². The van der Waals surface area contributed by atoms with E-state index in [1.54, 1.807) is 0 Å². The Hall–Kier alpha value is -1.37. The van der Waals surface area contributed by atoms with Crippen LogP contribution < -0.4 is 0 Å². The van der Waals surface area contributed by atoms with Gasteiger partial charge in [-0.3, -0.25) is 0 Å². The summed E-state index contributed by atoms with van der Waals surface area (Å²) in [5, 5.41) is 3.78. The van der Waals surface area contributed by atoms with E-state index >= 15 is 0 Å². The molecule has 1 saturated carbocycles. The number of nitrogens with zero attached hydrogens (tertiary/aromatic N) is 3. The molecule has 0 N–H and O–H groups in total. The molecule has 0 radical (unpaired) electrons. The van der Waals surface area contributed by atoms with Crippen LogP contribution in [0.2, 0.25) is 0 Å². The van der Waals surface area contributed by atoms with Crippen molar-refractivity contribution in [2.45, 2.75) is 44.6 Å². The zero-order chi connectivity index (χ0) is 9.80. The first-order valence-electron chi connectivity index (χ1n) is 5.06. The van der Waals surface area contributed by atoms with E-state index in [4.69, 9.17) is 11.1 Å². The van der Waals surface area contributed by atoms with Crippen LogP contribution in [-0.2, 0) is 6.54 Å². The Kier molecular flexibility index (Phi) is 2.78. The van der Waals surface area contributed by atoms with E-state index in [9.17, 15) is 0 Å². The van der Waals surface area contributed by atoms with Crippen molar-refractivity contribution < 1.29 is 4.52 Å². The molecule has 1 aromatic rings. The molecule has 0 unspecified atom stereocenters. The molecule has 0 bridgehead atoms. The topological polar surface area (TPSA) is 43.3 Å². The molecule has 74 valence electrons. The highest BCUT2D eigenvalue weighted by Crippen LogP contribution is 2.31. The molecule has 0 aliphatic heterocycles. The van der Waals surface area contributed by atoms with Crippen molar-refractivity contribution in [3.8, 4) is 0 Å². The smallest absolute Gasteiger partial charge is 0.276 e. The Bertz CT molecular complexity index is 333. The van der Waals surface area contributed by atoms with Gasteiger partial charge in [-0.2, -0.15) is 4.98 Å². The second-order valence-electron chi connectivity index (χ2n) is 3.70. The quantitative estimate of drug-likeness (QED) is 0.674. The Labute approximate surface area is 83.1 Å². The molecule has 14 heavy (non-hydrogen) atoms. The van der Waals surface area contributed by atoms with Crippen molar-refractivity contribution in [2.24, 2.45) is 0 Å². The Morgan fingerprint density at radius 3 is 2.86 bits per heavy atom. The predicted octanol–water partition coefficient (Wildman–Crippen LogP) is 2.54. The fourth-order valence-electron chi connectivity index (χ4n) is 1.92. The molecule has 4 nitrogen and oxygen atoms in total. The second kappa shape index (κ2) is 4.23. The molecule has 0 aromatic carbocycles. The fraction of sp³-hybridized carbons (Fsp3) is 0.700. The summed E-state index contributed by atoms with van der Waals surface area (Å²) in [6, 6.07) is 0. The molecule has 0 spiro atoms. The van der Waals surface area contributed by atoms with E-state index in [0.29, 0.717) is 11.7 Å². The first-order valence-corrected chi connectivity index (χ1v) is 5.06. The number of rotatable bonds is 2. The molecule has 1 fully saturated rings. The summed E-state index contributed by atoms with van der Waals surface area (Å²) in [5.74, 6) is 1.71. The fourth-order valence-corrected chi connectivity index (χ4v) is 1.92. The van der Waals surface area contributed by atoms with E-state index in [1.165, 1.54) is 19.3 Å². The number of aromatic nitrogens is 2. The molecular weight excluding hydrogens is 178 g/mol. The summed E-state index contributed by atoms with van der Waals surface area (Å²) in [6.45, 7) is 6.93. The third kappa shape index (κ3) is 1.92. The highest BCUT2D eigenvalue weighted by atomic mass is 16.5. The highest BCUT2D eigenvalue weighted by Gasteiger charge is 2.21. The van der Waals surface area contributed by atoms with E-state index in [1.807, 2.05) is 0 Å². The first-order chi connectivity index (χ1) is 6.90. The summed E-state index contributed by atoms with van der Waals surface area (Å²) < 4.78 is 5.15. The minimum Gasteiger partial charge on any atom is -0.339 e. The lowest BCUT2D eigenvalue weighted by atomic mass is 9.89. The Balaban J connectivity index is 2.04.